The van der Waals surface area contributed by atoms with Gasteiger partial charge in [0.1, 0.15) is 5.84 Å². The number of nitrogens with two attached hydrogens (primary N) is 1. The van der Waals surface area contributed by atoms with E-state index >= 15 is 0 Å². The van der Waals surface area contributed by atoms with E-state index in [9.17, 15) is 5.26 Å². The van der Waals surface area contributed by atoms with Crippen molar-refractivity contribution in [2.45, 2.75) is 24.7 Å². The first-order valence-electron chi connectivity index (χ1n) is 18.7. The molecule has 0 radical (unpaired) electrons. The lowest BCUT2D eigenvalue weighted by Crippen LogP contribution is -2.41. The highest BCUT2D eigenvalue weighted by Crippen LogP contribution is 2.62. The molecule has 0 saturated heterocycles. The van der Waals surface area contributed by atoms with Crippen LogP contribution in [0, 0.1) is 11.3 Å². The number of nitrogens with one attached hydrogen (secondary N) is 1. The van der Waals surface area contributed by atoms with Crippen LogP contribution < -0.4 is 11.1 Å². The van der Waals surface area contributed by atoms with Crippen LogP contribution >= 0.6 is 0 Å². The van der Waals surface area contributed by atoms with Gasteiger partial charge in [0, 0.05) is 29.2 Å². The lowest BCUT2D eigenvalue weighted by molar-refractivity contribution is 0.563. The average Bonchev–Trinajstić information content (AvgIpc) is 3.54. The monoisotopic (exact) mass is 708 g/mol. The van der Waals surface area contributed by atoms with E-state index < -0.39 is 5.41 Å². The number of hydrogen-bond donors (Lipinski definition) is 2. The average molecular weight is 709 g/mol. The van der Waals surface area contributed by atoms with Crippen LogP contribution in [0.3, 0.4) is 0 Å². The van der Waals surface area contributed by atoms with Crippen LogP contribution in [0.25, 0.3) is 33.6 Å². The van der Waals surface area contributed by atoms with Gasteiger partial charge in [-0.25, -0.2) is 4.99 Å². The van der Waals surface area contributed by atoms with Gasteiger partial charge < -0.3 is 11.1 Å². The molecule has 2 aliphatic rings. The van der Waals surface area contributed by atoms with Gasteiger partial charge in [0.05, 0.1) is 28.4 Å². The van der Waals surface area contributed by atoms with Crippen LogP contribution in [0.2, 0.25) is 0 Å². The Kier molecular flexibility index (Phi) is 8.10. The summed E-state index contributed by atoms with van der Waals surface area (Å²) in [7, 11) is 1.93. The zero-order valence-electron chi connectivity index (χ0n) is 31.1. The molecule has 264 valence electrons. The molecule has 4 heteroatoms. The standard InChI is InChI=1S/C51H40N4/c1-50(2)43-25-11-12-26-45(43)51(41-23-9-7-21-39(41)40-22-8-10-24-42(40)51)46-31-38(27-28-44(46)50)49(54-3)55-48(34-16-5-4-6-17-34)47(53)37-20-14-19-36(30-37)35-18-13-15-33(29-35)32-52/h4-31H,53H2,1-3H3,(H,54,55)/b48-47-. The fourth-order valence-electron chi connectivity index (χ4n) is 9.03. The fraction of sp³-hybridized carbons (Fsp3) is 0.0980. The molecule has 0 aromatic heterocycles. The third-order valence-corrected chi connectivity index (χ3v) is 11.6. The van der Waals surface area contributed by atoms with Gasteiger partial charge in [-0.2, -0.15) is 5.26 Å². The minimum atomic E-state index is -0.510. The molecule has 0 bridgehead atoms. The summed E-state index contributed by atoms with van der Waals surface area (Å²) in [4.78, 5) is 5.39. The summed E-state index contributed by atoms with van der Waals surface area (Å²) in [6, 6.07) is 61.8. The Morgan fingerprint density at radius 1 is 0.545 bits per heavy atom. The van der Waals surface area contributed by atoms with E-state index in [4.69, 9.17) is 10.7 Å². The van der Waals surface area contributed by atoms with E-state index in [1.165, 1.54) is 44.5 Å². The molecule has 0 amide bonds. The molecule has 55 heavy (non-hydrogen) atoms. The van der Waals surface area contributed by atoms with Gasteiger partial charge in [-0.3, -0.25) is 0 Å². The minimum absolute atomic E-state index is 0.240. The largest absolute Gasteiger partial charge is 0.396 e. The molecular weight excluding hydrogens is 669 g/mol. The highest BCUT2D eigenvalue weighted by Gasteiger charge is 2.53. The highest BCUT2D eigenvalue weighted by atomic mass is 15.0. The summed E-state index contributed by atoms with van der Waals surface area (Å²) in [5.41, 5.74) is 23.3. The van der Waals surface area contributed by atoms with Gasteiger partial charge in [0.2, 0.25) is 0 Å². The van der Waals surface area contributed by atoms with Crippen molar-refractivity contribution in [3.8, 4) is 28.3 Å². The summed E-state index contributed by atoms with van der Waals surface area (Å²) in [5, 5.41) is 13.0. The zero-order chi connectivity index (χ0) is 37.7. The number of aliphatic imine (C=N–C) groups is 1. The van der Waals surface area contributed by atoms with Gasteiger partial charge in [0.25, 0.3) is 0 Å². The molecule has 0 saturated carbocycles. The van der Waals surface area contributed by atoms with Crippen LogP contribution in [0.1, 0.15) is 69.5 Å². The number of nitrogens with zero attached hydrogens (tertiary/aromatic N) is 2. The Balaban J connectivity index is 1.27. The van der Waals surface area contributed by atoms with E-state index in [1.807, 2.05) is 79.8 Å². The van der Waals surface area contributed by atoms with E-state index in [1.54, 1.807) is 0 Å². The Morgan fingerprint density at radius 3 is 1.78 bits per heavy atom. The smallest absolute Gasteiger partial charge is 0.133 e. The third kappa shape index (κ3) is 5.23. The molecule has 0 aliphatic heterocycles. The van der Waals surface area contributed by atoms with E-state index in [-0.39, 0.29) is 5.41 Å². The molecule has 1 spiro atoms. The van der Waals surface area contributed by atoms with Crippen LogP contribution in [-0.2, 0) is 10.8 Å². The second-order valence-corrected chi connectivity index (χ2v) is 14.9. The molecule has 0 fully saturated rings. The third-order valence-electron chi connectivity index (χ3n) is 11.6. The van der Waals surface area contributed by atoms with E-state index in [0.29, 0.717) is 22.8 Å². The molecule has 0 atom stereocenters. The van der Waals surface area contributed by atoms with Gasteiger partial charge in [-0.15, -0.1) is 0 Å². The van der Waals surface area contributed by atoms with Crippen molar-refractivity contribution in [3.63, 3.8) is 0 Å². The Labute approximate surface area is 323 Å². The number of hydrogen-bond acceptors (Lipinski definition) is 3. The van der Waals surface area contributed by atoms with Gasteiger partial charge >= 0.3 is 0 Å². The van der Waals surface area contributed by atoms with Crippen LogP contribution in [0.4, 0.5) is 0 Å². The molecule has 0 unspecified atom stereocenters. The molecule has 9 rings (SSSR count). The molecule has 3 N–H and O–H groups in total. The van der Waals surface area contributed by atoms with Gasteiger partial charge in [-0.1, -0.05) is 159 Å². The number of benzene rings is 7. The van der Waals surface area contributed by atoms with Crippen LogP contribution in [0.5, 0.6) is 0 Å². The minimum Gasteiger partial charge on any atom is -0.396 e. The quantitative estimate of drug-likeness (QED) is 0.106. The normalized spacial score (nSPS) is 14.8. The molecule has 2 aliphatic carbocycles. The van der Waals surface area contributed by atoms with Gasteiger partial charge in [0.15, 0.2) is 0 Å². The molecule has 7 aromatic carbocycles. The first-order chi connectivity index (χ1) is 26.9. The Bertz CT molecular complexity index is 2700. The lowest BCUT2D eigenvalue weighted by atomic mass is 9.55. The second kappa shape index (κ2) is 13.2. The summed E-state index contributed by atoms with van der Waals surface area (Å²) >= 11 is 0. The predicted octanol–water partition coefficient (Wildman–Crippen LogP) is 10.7. The lowest BCUT2D eigenvalue weighted by Gasteiger charge is -2.46. The van der Waals surface area contributed by atoms with Crippen molar-refractivity contribution in [2.75, 3.05) is 7.05 Å². The summed E-state index contributed by atoms with van der Waals surface area (Å²) in [6.07, 6.45) is 0. The van der Waals surface area contributed by atoms with Crippen LogP contribution in [-0.4, -0.2) is 12.9 Å². The maximum Gasteiger partial charge on any atom is 0.133 e. The van der Waals surface area contributed by atoms with Crippen molar-refractivity contribution >= 4 is 17.2 Å². The predicted molar refractivity (Wildman–Crippen MR) is 226 cm³/mol. The van der Waals surface area contributed by atoms with Crippen molar-refractivity contribution in [2.24, 2.45) is 10.7 Å². The topological polar surface area (TPSA) is 74.2 Å². The van der Waals surface area contributed by atoms with E-state index in [0.717, 1.165) is 27.8 Å². The SMILES string of the molecule is CN/C(=N\C(=C(/N)c1cccc(-c2cccc(C#N)c2)c1)c1ccccc1)c1ccc2c(c1)C1(c3ccccc3-c3ccccc31)c1ccccc1C2(C)C. The molecule has 4 nitrogen and oxygen atoms in total. The highest BCUT2D eigenvalue weighted by molar-refractivity contribution is 6.05. The summed E-state index contributed by atoms with van der Waals surface area (Å²) in [6.45, 7) is 4.69. The van der Waals surface area contributed by atoms with Crippen molar-refractivity contribution in [3.05, 3.63) is 225 Å². The van der Waals surface area contributed by atoms with E-state index in [2.05, 4.69) is 122 Å². The Morgan fingerprint density at radius 2 is 1.11 bits per heavy atom. The Hall–Kier alpha value is -6.96. The number of rotatable bonds is 5. The molecule has 0 heterocycles. The maximum atomic E-state index is 9.53. The molecular formula is C51H40N4. The van der Waals surface area contributed by atoms with Gasteiger partial charge in [-0.05, 0) is 79.9 Å². The number of nitriles is 1. The van der Waals surface area contributed by atoms with Crippen LogP contribution in [0.15, 0.2) is 175 Å². The summed E-state index contributed by atoms with van der Waals surface area (Å²) < 4.78 is 0. The van der Waals surface area contributed by atoms with Crippen molar-refractivity contribution in [1.82, 2.24) is 5.32 Å². The van der Waals surface area contributed by atoms with Crippen molar-refractivity contribution in [1.29, 1.82) is 5.26 Å². The fourth-order valence-corrected chi connectivity index (χ4v) is 9.03. The number of fused-ring (bicyclic) bond motifs is 9. The second-order valence-electron chi connectivity index (χ2n) is 14.9. The zero-order valence-corrected chi connectivity index (χ0v) is 31.1. The van der Waals surface area contributed by atoms with Crippen molar-refractivity contribution < 1.29 is 0 Å². The molecule has 7 aromatic rings. The first kappa shape index (κ1) is 33.8. The first-order valence-corrected chi connectivity index (χ1v) is 18.7. The number of amidine groups is 1. The summed E-state index contributed by atoms with van der Waals surface area (Å²) in [5.74, 6) is 0.717. The maximum absolute atomic E-state index is 9.53.